The molecule has 2 saturated carbocycles. The molecule has 100 valence electrons. The van der Waals surface area contributed by atoms with Gasteiger partial charge in [-0.15, -0.1) is 34.8 Å². The third-order valence-corrected chi connectivity index (χ3v) is 9.44. The number of fused-ring (bicyclic) bond motifs is 7. The molecule has 7 atom stereocenters. The van der Waals surface area contributed by atoms with Gasteiger partial charge in [-0.05, 0) is 0 Å². The van der Waals surface area contributed by atoms with Crippen molar-refractivity contribution in [2.45, 2.75) is 31.7 Å². The van der Waals surface area contributed by atoms with Crippen LogP contribution < -0.4 is 0 Å². The maximum absolute atomic E-state index is 6.65. The molecule has 1 saturated heterocycles. The average Bonchev–Trinajstić information content (AvgIpc) is 2.98. The lowest BCUT2D eigenvalue weighted by atomic mass is 9.83. The lowest BCUT2D eigenvalue weighted by molar-refractivity contribution is 0.204. The Bertz CT molecular complexity index is 476. The largest absolute Gasteiger partial charge is 0.368 e. The molecule has 18 heavy (non-hydrogen) atoms. The van der Waals surface area contributed by atoms with Crippen molar-refractivity contribution >= 4 is 81.2 Å². The average molecular weight is 389 g/mol. The third-order valence-electron chi connectivity index (χ3n) is 4.62. The van der Waals surface area contributed by atoms with Gasteiger partial charge in [-0.25, -0.2) is 0 Å². The Morgan fingerprint density at radius 2 is 1.33 bits per heavy atom. The van der Waals surface area contributed by atoms with Gasteiger partial charge in [-0.2, -0.15) is 0 Å². The summed E-state index contributed by atoms with van der Waals surface area (Å²) in [5.74, 6) is -0.457. The van der Waals surface area contributed by atoms with Crippen molar-refractivity contribution in [1.82, 2.24) is 0 Å². The SMILES string of the molecule is ClC1=C(Cl)C2(Cl)[C@H]3C(Cl)[C@H]4O[C@@H]4[C@@H]3C1(Cl)C2(Cl)Cl. The van der Waals surface area contributed by atoms with Gasteiger partial charge in [0.05, 0.1) is 21.5 Å². The van der Waals surface area contributed by atoms with E-state index in [9.17, 15) is 0 Å². The number of epoxide rings is 1. The van der Waals surface area contributed by atoms with Gasteiger partial charge in [0, 0.05) is 11.8 Å². The molecule has 0 amide bonds. The van der Waals surface area contributed by atoms with E-state index in [1.165, 1.54) is 0 Å². The number of allylic oxidation sites excluding steroid dienone is 2. The van der Waals surface area contributed by atoms with Crippen LogP contribution in [0.1, 0.15) is 0 Å². The Kier molecular flexibility index (Phi) is 2.52. The van der Waals surface area contributed by atoms with Crippen molar-refractivity contribution in [3.8, 4) is 0 Å². The molecule has 0 radical (unpaired) electrons. The molecule has 0 aromatic heterocycles. The van der Waals surface area contributed by atoms with Gasteiger partial charge in [0.2, 0.25) is 0 Å². The molecule has 1 nitrogen and oxygen atoms in total. The van der Waals surface area contributed by atoms with Gasteiger partial charge < -0.3 is 4.74 Å². The Morgan fingerprint density at radius 3 is 1.89 bits per heavy atom. The van der Waals surface area contributed by atoms with E-state index in [-0.39, 0.29) is 39.5 Å². The maximum Gasteiger partial charge on any atom is 0.166 e. The first-order chi connectivity index (χ1) is 8.20. The first-order valence-electron chi connectivity index (χ1n) is 5.32. The Balaban J connectivity index is 2.01. The molecule has 3 fully saturated rings. The first-order valence-corrected chi connectivity index (χ1v) is 8.02. The van der Waals surface area contributed by atoms with Gasteiger partial charge in [-0.3, -0.25) is 0 Å². The van der Waals surface area contributed by atoms with Crippen LogP contribution in [0.2, 0.25) is 0 Å². The van der Waals surface area contributed by atoms with Gasteiger partial charge in [0.1, 0.15) is 15.9 Å². The van der Waals surface area contributed by atoms with Crippen molar-refractivity contribution in [3.63, 3.8) is 0 Å². The molecule has 4 aliphatic rings. The molecule has 1 heterocycles. The van der Waals surface area contributed by atoms with Crippen molar-refractivity contribution in [2.75, 3.05) is 0 Å². The number of alkyl halides is 5. The fourth-order valence-corrected chi connectivity index (χ4v) is 7.49. The number of rotatable bonds is 0. The summed E-state index contributed by atoms with van der Waals surface area (Å²) >= 11 is 45.0. The van der Waals surface area contributed by atoms with E-state index >= 15 is 0 Å². The first kappa shape index (κ1) is 13.4. The molecule has 3 unspecified atom stereocenters. The van der Waals surface area contributed by atoms with Crippen LogP contribution in [0.3, 0.4) is 0 Å². The molecule has 2 bridgehead atoms. The molecular formula is C10H5Cl7O. The Morgan fingerprint density at radius 1 is 0.833 bits per heavy atom. The summed E-state index contributed by atoms with van der Waals surface area (Å²) in [6.45, 7) is 0. The van der Waals surface area contributed by atoms with Crippen molar-refractivity contribution < 1.29 is 4.74 Å². The third kappa shape index (κ3) is 1.02. The highest BCUT2D eigenvalue weighted by Crippen LogP contribution is 2.81. The highest BCUT2D eigenvalue weighted by Gasteiger charge is 2.89. The van der Waals surface area contributed by atoms with E-state index in [0.29, 0.717) is 0 Å². The number of halogens is 7. The monoisotopic (exact) mass is 386 g/mol. The predicted molar refractivity (Wildman–Crippen MR) is 75.6 cm³/mol. The molecule has 4 rings (SSSR count). The molecule has 8 heteroatoms. The smallest absolute Gasteiger partial charge is 0.166 e. The van der Waals surface area contributed by atoms with E-state index in [4.69, 9.17) is 85.9 Å². The number of ether oxygens (including phenoxy) is 1. The van der Waals surface area contributed by atoms with Crippen LogP contribution in [0.25, 0.3) is 0 Å². The van der Waals surface area contributed by atoms with Gasteiger partial charge in [-0.1, -0.05) is 46.4 Å². The lowest BCUT2D eigenvalue weighted by Gasteiger charge is -2.35. The minimum Gasteiger partial charge on any atom is -0.368 e. The number of hydrogen-bond donors (Lipinski definition) is 0. The molecule has 0 spiro atoms. The zero-order valence-electron chi connectivity index (χ0n) is 8.44. The highest BCUT2D eigenvalue weighted by molar-refractivity contribution is 6.66. The minimum absolute atomic E-state index is 0.0608. The summed E-state index contributed by atoms with van der Waals surface area (Å²) in [5, 5.41) is 0.111. The normalized spacial score (nSPS) is 63.2. The molecule has 0 aromatic rings. The van der Waals surface area contributed by atoms with Crippen LogP contribution in [0.5, 0.6) is 0 Å². The Labute approximate surface area is 139 Å². The topological polar surface area (TPSA) is 12.5 Å². The van der Waals surface area contributed by atoms with Crippen LogP contribution in [0.15, 0.2) is 10.1 Å². The summed E-state index contributed by atoms with van der Waals surface area (Å²) < 4.78 is 4.00. The van der Waals surface area contributed by atoms with E-state index in [0.717, 1.165) is 0 Å². The maximum atomic E-state index is 6.65. The molecule has 0 N–H and O–H groups in total. The van der Waals surface area contributed by atoms with Crippen LogP contribution in [0.4, 0.5) is 0 Å². The van der Waals surface area contributed by atoms with Crippen LogP contribution in [-0.2, 0) is 4.74 Å². The predicted octanol–water partition coefficient (Wildman–Crippen LogP) is 4.45. The quantitative estimate of drug-likeness (QED) is 0.441. The van der Waals surface area contributed by atoms with Crippen molar-refractivity contribution in [1.29, 1.82) is 0 Å². The van der Waals surface area contributed by atoms with Gasteiger partial charge in [0.15, 0.2) is 4.33 Å². The molecule has 1 aliphatic heterocycles. The zero-order chi connectivity index (χ0) is 13.2. The second-order valence-electron chi connectivity index (χ2n) is 5.19. The highest BCUT2D eigenvalue weighted by atomic mass is 35.5. The summed E-state index contributed by atoms with van der Waals surface area (Å²) in [5.41, 5.74) is 0. The Hall–Kier alpha value is 1.73. The molecule has 3 aliphatic carbocycles. The second kappa shape index (κ2) is 3.38. The summed E-state index contributed by atoms with van der Waals surface area (Å²) in [6, 6.07) is 0. The second-order valence-corrected chi connectivity index (χ2v) is 8.97. The van der Waals surface area contributed by atoms with Gasteiger partial charge in [0.25, 0.3) is 0 Å². The zero-order valence-corrected chi connectivity index (χ0v) is 13.7. The van der Waals surface area contributed by atoms with E-state index in [1.807, 2.05) is 0 Å². The lowest BCUT2D eigenvalue weighted by Crippen LogP contribution is -2.46. The van der Waals surface area contributed by atoms with Gasteiger partial charge >= 0.3 is 0 Å². The van der Waals surface area contributed by atoms with Crippen LogP contribution in [0, 0.1) is 11.8 Å². The standard InChI is InChI=1S/C10H5Cl7O/c11-3-1-2(4-5(3)18-4)9(15)7(13)6(12)8(1,14)10(9,16)17/h1-5H/t1-,2-,3?,4-,5-,8?,9?/m1/s1. The fourth-order valence-electron chi connectivity index (χ4n) is 3.80. The van der Waals surface area contributed by atoms with E-state index in [2.05, 4.69) is 0 Å². The molecule has 0 aromatic carbocycles. The summed E-state index contributed by atoms with van der Waals surface area (Å²) in [6.07, 6.45) is -0.152. The van der Waals surface area contributed by atoms with E-state index in [1.54, 1.807) is 0 Å². The van der Waals surface area contributed by atoms with E-state index < -0.39 is 14.1 Å². The van der Waals surface area contributed by atoms with Crippen LogP contribution in [-0.4, -0.2) is 31.7 Å². The number of hydrogen-bond acceptors (Lipinski definition) is 1. The summed E-state index contributed by atoms with van der Waals surface area (Å²) in [4.78, 5) is -2.48. The fraction of sp³-hybridized carbons (Fsp3) is 0.800. The minimum atomic E-state index is -1.50. The summed E-state index contributed by atoms with van der Waals surface area (Å²) in [7, 11) is 0. The molecular weight excluding hydrogens is 384 g/mol. The van der Waals surface area contributed by atoms with Crippen molar-refractivity contribution in [3.05, 3.63) is 10.1 Å². The van der Waals surface area contributed by atoms with Crippen LogP contribution >= 0.6 is 81.2 Å². The van der Waals surface area contributed by atoms with Crippen molar-refractivity contribution in [2.24, 2.45) is 11.8 Å².